The minimum absolute atomic E-state index is 0.188. The molecular formula is C27H25N3O6. The molecule has 9 nitrogen and oxygen atoms in total. The standard InChI is InChI=1S/C27H25N3O6/c1-16-13-23(29-36-16)28-24(31)15-35-27(34)18-7-10-20(11-8-18)30-25(32)21-12-9-19(14-22(21)26(30)33)17-5-3-2-4-6-17/h2-8,10-11,13,19,21-22H,9,12,14-15H2,1H3,(H,28,29,31)/t19-,21-,22+/m1/s1. The van der Waals surface area contributed by atoms with Gasteiger partial charge in [-0.3, -0.25) is 19.3 Å². The maximum Gasteiger partial charge on any atom is 0.338 e. The summed E-state index contributed by atoms with van der Waals surface area (Å²) in [7, 11) is 0. The van der Waals surface area contributed by atoms with Gasteiger partial charge in [0, 0.05) is 6.07 Å². The fourth-order valence-electron chi connectivity index (χ4n) is 5.03. The van der Waals surface area contributed by atoms with Crippen LogP contribution in [-0.4, -0.2) is 35.5 Å². The third kappa shape index (κ3) is 4.64. The molecule has 2 heterocycles. The highest BCUT2D eigenvalue weighted by Crippen LogP contribution is 2.45. The van der Waals surface area contributed by atoms with Gasteiger partial charge < -0.3 is 14.6 Å². The molecule has 0 unspecified atom stereocenters. The van der Waals surface area contributed by atoms with E-state index in [0.717, 1.165) is 6.42 Å². The molecule has 3 atom stereocenters. The van der Waals surface area contributed by atoms with Crippen molar-refractivity contribution < 1.29 is 28.4 Å². The van der Waals surface area contributed by atoms with Gasteiger partial charge in [0.05, 0.1) is 23.1 Å². The summed E-state index contributed by atoms with van der Waals surface area (Å²) in [5, 5.41) is 6.10. The summed E-state index contributed by atoms with van der Waals surface area (Å²) in [5.41, 5.74) is 1.82. The monoisotopic (exact) mass is 487 g/mol. The first kappa shape index (κ1) is 23.5. The first-order valence-electron chi connectivity index (χ1n) is 11.8. The van der Waals surface area contributed by atoms with E-state index < -0.39 is 18.5 Å². The molecule has 3 amide bonds. The zero-order valence-corrected chi connectivity index (χ0v) is 19.7. The van der Waals surface area contributed by atoms with Crippen LogP contribution >= 0.6 is 0 Å². The number of rotatable bonds is 6. The SMILES string of the molecule is Cc1cc(NC(=O)COC(=O)c2ccc(N3C(=O)[C@H]4C[C@H](c5ccccc5)CC[C@H]4C3=O)cc2)no1. The van der Waals surface area contributed by atoms with Gasteiger partial charge in [-0.1, -0.05) is 35.5 Å². The second-order valence-corrected chi connectivity index (χ2v) is 9.14. The van der Waals surface area contributed by atoms with Gasteiger partial charge >= 0.3 is 5.97 Å². The number of nitrogens with zero attached hydrogens (tertiary/aromatic N) is 2. The van der Waals surface area contributed by atoms with E-state index in [2.05, 4.69) is 22.6 Å². The lowest BCUT2D eigenvalue weighted by Crippen LogP contribution is -2.30. The van der Waals surface area contributed by atoms with Crippen LogP contribution in [0.4, 0.5) is 11.5 Å². The van der Waals surface area contributed by atoms with E-state index in [9.17, 15) is 19.2 Å². The number of nitrogens with one attached hydrogen (secondary N) is 1. The average molecular weight is 488 g/mol. The molecule has 3 aromatic rings. The van der Waals surface area contributed by atoms with E-state index in [-0.39, 0.29) is 40.9 Å². The summed E-state index contributed by atoms with van der Waals surface area (Å²) in [4.78, 5) is 51.9. The Bertz CT molecular complexity index is 1300. The number of aromatic nitrogens is 1. The molecule has 1 saturated heterocycles. The molecule has 2 aromatic carbocycles. The van der Waals surface area contributed by atoms with E-state index in [4.69, 9.17) is 9.26 Å². The number of hydrogen-bond acceptors (Lipinski definition) is 7. The highest BCUT2D eigenvalue weighted by Gasteiger charge is 2.50. The van der Waals surface area contributed by atoms with E-state index in [1.807, 2.05) is 18.2 Å². The van der Waals surface area contributed by atoms with Gasteiger partial charge in [-0.25, -0.2) is 4.79 Å². The van der Waals surface area contributed by atoms with Crippen molar-refractivity contribution in [2.24, 2.45) is 11.8 Å². The van der Waals surface area contributed by atoms with Gasteiger partial charge in [-0.05, 0) is 61.9 Å². The maximum atomic E-state index is 13.2. The van der Waals surface area contributed by atoms with Crippen molar-refractivity contribution in [1.82, 2.24) is 5.16 Å². The van der Waals surface area contributed by atoms with E-state index in [1.54, 1.807) is 19.1 Å². The summed E-state index contributed by atoms with van der Waals surface area (Å²) in [6, 6.07) is 17.7. The topological polar surface area (TPSA) is 119 Å². The zero-order valence-electron chi connectivity index (χ0n) is 19.7. The van der Waals surface area contributed by atoms with E-state index in [1.165, 1.54) is 28.7 Å². The van der Waals surface area contributed by atoms with Crippen LogP contribution in [0.1, 0.15) is 46.9 Å². The van der Waals surface area contributed by atoms with Crippen LogP contribution in [0.5, 0.6) is 0 Å². The Labute approximate surface area is 207 Å². The molecule has 1 aromatic heterocycles. The Hall–Kier alpha value is -4.27. The zero-order chi connectivity index (χ0) is 25.2. The largest absolute Gasteiger partial charge is 0.452 e. The van der Waals surface area contributed by atoms with Crippen molar-refractivity contribution in [3.8, 4) is 0 Å². The number of anilines is 2. The minimum Gasteiger partial charge on any atom is -0.452 e. The predicted octanol–water partition coefficient (Wildman–Crippen LogP) is 3.85. The number of benzene rings is 2. The maximum absolute atomic E-state index is 13.2. The van der Waals surface area contributed by atoms with Crippen LogP contribution < -0.4 is 10.2 Å². The quantitative estimate of drug-likeness (QED) is 0.414. The van der Waals surface area contributed by atoms with Crippen LogP contribution in [0, 0.1) is 18.8 Å². The van der Waals surface area contributed by atoms with Crippen molar-refractivity contribution in [2.75, 3.05) is 16.8 Å². The molecule has 5 rings (SSSR count). The lowest BCUT2D eigenvalue weighted by molar-refractivity contribution is -0.122. The third-order valence-electron chi connectivity index (χ3n) is 6.79. The summed E-state index contributed by atoms with van der Waals surface area (Å²) >= 11 is 0. The molecule has 9 heteroatoms. The van der Waals surface area contributed by atoms with Gasteiger partial charge in [0.1, 0.15) is 5.76 Å². The first-order chi connectivity index (χ1) is 17.4. The molecule has 1 aliphatic heterocycles. The molecule has 2 aliphatic rings. The highest BCUT2D eigenvalue weighted by molar-refractivity contribution is 6.22. The third-order valence-corrected chi connectivity index (χ3v) is 6.79. The second kappa shape index (κ2) is 9.77. The van der Waals surface area contributed by atoms with Crippen LogP contribution in [0.2, 0.25) is 0 Å². The molecule has 0 spiro atoms. The van der Waals surface area contributed by atoms with Crippen LogP contribution in [0.15, 0.2) is 65.2 Å². The van der Waals surface area contributed by atoms with Crippen LogP contribution in [0.3, 0.4) is 0 Å². The smallest absolute Gasteiger partial charge is 0.338 e. The summed E-state index contributed by atoms with van der Waals surface area (Å²) in [6.07, 6.45) is 2.19. The number of fused-ring (bicyclic) bond motifs is 1. The molecule has 36 heavy (non-hydrogen) atoms. The second-order valence-electron chi connectivity index (χ2n) is 9.14. The van der Waals surface area contributed by atoms with Gasteiger partial charge in [-0.15, -0.1) is 0 Å². The van der Waals surface area contributed by atoms with Crippen molar-refractivity contribution >= 4 is 35.2 Å². The fourth-order valence-corrected chi connectivity index (χ4v) is 5.03. The van der Waals surface area contributed by atoms with Gasteiger partial charge in [0.25, 0.3) is 5.91 Å². The average Bonchev–Trinajstić information content (AvgIpc) is 3.42. The molecule has 0 bridgehead atoms. The highest BCUT2D eigenvalue weighted by atomic mass is 16.5. The summed E-state index contributed by atoms with van der Waals surface area (Å²) in [6.45, 7) is 1.19. The van der Waals surface area contributed by atoms with Crippen molar-refractivity contribution in [1.29, 1.82) is 0 Å². The number of imide groups is 1. The van der Waals surface area contributed by atoms with Gasteiger partial charge in [0.15, 0.2) is 12.4 Å². The van der Waals surface area contributed by atoms with Gasteiger partial charge in [-0.2, -0.15) is 0 Å². The Morgan fingerprint density at radius 2 is 1.75 bits per heavy atom. The number of carbonyl (C=O) groups excluding carboxylic acids is 4. The van der Waals surface area contributed by atoms with Crippen molar-refractivity contribution in [2.45, 2.75) is 32.1 Å². The first-order valence-corrected chi connectivity index (χ1v) is 11.8. The Kier molecular flexibility index (Phi) is 6.37. The molecule has 184 valence electrons. The number of esters is 1. The summed E-state index contributed by atoms with van der Waals surface area (Å²) in [5.74, 6) is -1.27. The Morgan fingerprint density at radius 3 is 2.44 bits per heavy atom. The number of hydrogen-bond donors (Lipinski definition) is 1. The van der Waals surface area contributed by atoms with Gasteiger partial charge in [0.2, 0.25) is 11.8 Å². The van der Waals surface area contributed by atoms with E-state index in [0.29, 0.717) is 24.3 Å². The number of carbonyl (C=O) groups is 4. The van der Waals surface area contributed by atoms with Crippen LogP contribution in [0.25, 0.3) is 0 Å². The lowest BCUT2D eigenvalue weighted by Gasteiger charge is -2.28. The Balaban J connectivity index is 1.21. The molecule has 0 radical (unpaired) electrons. The normalized spacial score (nSPS) is 21.2. The molecular weight excluding hydrogens is 462 g/mol. The van der Waals surface area contributed by atoms with Crippen molar-refractivity contribution in [3.05, 3.63) is 77.6 Å². The van der Waals surface area contributed by atoms with Crippen LogP contribution in [-0.2, 0) is 19.1 Å². The van der Waals surface area contributed by atoms with Crippen molar-refractivity contribution in [3.63, 3.8) is 0 Å². The number of amides is 3. The lowest BCUT2D eigenvalue weighted by atomic mass is 9.73. The summed E-state index contributed by atoms with van der Waals surface area (Å²) < 4.78 is 9.91. The molecule has 1 aliphatic carbocycles. The molecule has 1 N–H and O–H groups in total. The number of aryl methyl sites for hydroxylation is 1. The number of ether oxygens (including phenoxy) is 1. The minimum atomic E-state index is -0.702. The van der Waals surface area contributed by atoms with E-state index >= 15 is 0 Å². The predicted molar refractivity (Wildman–Crippen MR) is 129 cm³/mol. The Morgan fingerprint density at radius 1 is 1.03 bits per heavy atom. The molecule has 2 fully saturated rings. The fraction of sp³-hybridized carbons (Fsp3) is 0.296. The molecule has 1 saturated carbocycles.